The summed E-state index contributed by atoms with van der Waals surface area (Å²) < 4.78 is 9.98. The van der Waals surface area contributed by atoms with Crippen molar-refractivity contribution >= 4 is 17.7 Å². The Balaban J connectivity index is 2.14. The van der Waals surface area contributed by atoms with Gasteiger partial charge in [0.05, 0.1) is 11.3 Å². The molecule has 0 fully saturated rings. The number of nitrogens with zero attached hydrogens (tertiary/aromatic N) is 2. The molecule has 0 spiro atoms. The summed E-state index contributed by atoms with van der Waals surface area (Å²) in [6, 6.07) is 8.95. The smallest absolute Gasteiger partial charge is 0.340 e. The third-order valence-corrected chi connectivity index (χ3v) is 4.03. The largest absolute Gasteiger partial charge is 0.447 e. The van der Waals surface area contributed by atoms with Gasteiger partial charge < -0.3 is 9.26 Å². The SMILES string of the molecule is Cc1noc(C)c1CSc1ccccc1C(=O)OCC#N. The van der Waals surface area contributed by atoms with Crippen molar-refractivity contribution in [3.05, 3.63) is 46.8 Å². The molecule has 0 aliphatic carbocycles. The zero-order chi connectivity index (χ0) is 15.2. The molecule has 0 aliphatic rings. The maximum absolute atomic E-state index is 11.9. The maximum atomic E-state index is 11.9. The van der Waals surface area contributed by atoms with Crippen LogP contribution in [0.25, 0.3) is 0 Å². The van der Waals surface area contributed by atoms with E-state index < -0.39 is 5.97 Å². The molecule has 0 N–H and O–H groups in total. The minimum atomic E-state index is -0.488. The van der Waals surface area contributed by atoms with Gasteiger partial charge in [-0.25, -0.2) is 4.79 Å². The van der Waals surface area contributed by atoms with Gasteiger partial charge in [-0.2, -0.15) is 5.26 Å². The zero-order valence-corrected chi connectivity index (χ0v) is 12.6. The Morgan fingerprint density at radius 3 is 2.86 bits per heavy atom. The second kappa shape index (κ2) is 6.95. The minimum Gasteiger partial charge on any atom is -0.447 e. The highest BCUT2D eigenvalue weighted by atomic mass is 32.2. The summed E-state index contributed by atoms with van der Waals surface area (Å²) in [5.74, 6) is 0.951. The van der Waals surface area contributed by atoms with Gasteiger partial charge >= 0.3 is 5.97 Å². The molecule has 0 saturated carbocycles. The van der Waals surface area contributed by atoms with E-state index in [1.807, 2.05) is 26.0 Å². The molecule has 6 heteroatoms. The van der Waals surface area contributed by atoms with Crippen molar-refractivity contribution in [1.82, 2.24) is 5.16 Å². The molecule has 0 radical (unpaired) electrons. The summed E-state index contributed by atoms with van der Waals surface area (Å²) in [4.78, 5) is 12.7. The van der Waals surface area contributed by atoms with Crippen molar-refractivity contribution in [2.24, 2.45) is 0 Å². The van der Waals surface area contributed by atoms with E-state index in [-0.39, 0.29) is 6.61 Å². The summed E-state index contributed by atoms with van der Waals surface area (Å²) in [6.07, 6.45) is 0. The lowest BCUT2D eigenvalue weighted by Gasteiger charge is -2.07. The highest BCUT2D eigenvalue weighted by Gasteiger charge is 2.15. The molecular formula is C15H14N2O3S. The lowest BCUT2D eigenvalue weighted by molar-refractivity contribution is 0.0551. The number of benzene rings is 1. The first-order chi connectivity index (χ1) is 10.1. The quantitative estimate of drug-likeness (QED) is 0.623. The molecule has 0 saturated heterocycles. The first-order valence-electron chi connectivity index (χ1n) is 6.31. The summed E-state index contributed by atoms with van der Waals surface area (Å²) in [6.45, 7) is 3.50. The van der Waals surface area contributed by atoms with Crippen molar-refractivity contribution in [1.29, 1.82) is 5.26 Å². The monoisotopic (exact) mass is 302 g/mol. The van der Waals surface area contributed by atoms with Gasteiger partial charge in [0.25, 0.3) is 0 Å². The third kappa shape index (κ3) is 3.64. The zero-order valence-electron chi connectivity index (χ0n) is 11.8. The van der Waals surface area contributed by atoms with E-state index >= 15 is 0 Å². The third-order valence-electron chi connectivity index (χ3n) is 2.93. The Morgan fingerprint density at radius 1 is 1.43 bits per heavy atom. The number of carbonyl (C=O) groups is 1. The van der Waals surface area contributed by atoms with Crippen LogP contribution in [-0.2, 0) is 10.5 Å². The predicted octanol–water partition coefficient (Wildman–Crippen LogP) is 3.26. The van der Waals surface area contributed by atoms with Crippen molar-refractivity contribution in [3.8, 4) is 6.07 Å². The summed E-state index contributed by atoms with van der Waals surface area (Å²) >= 11 is 1.51. The molecule has 2 rings (SSSR count). The molecule has 0 unspecified atom stereocenters. The number of rotatable bonds is 5. The highest BCUT2D eigenvalue weighted by molar-refractivity contribution is 7.98. The van der Waals surface area contributed by atoms with Crippen LogP contribution in [0.5, 0.6) is 0 Å². The summed E-state index contributed by atoms with van der Waals surface area (Å²) in [7, 11) is 0. The lowest BCUT2D eigenvalue weighted by Crippen LogP contribution is -2.06. The molecule has 1 aromatic carbocycles. The van der Waals surface area contributed by atoms with Crippen molar-refractivity contribution in [2.45, 2.75) is 24.5 Å². The molecule has 1 heterocycles. The van der Waals surface area contributed by atoms with Crippen molar-refractivity contribution in [2.75, 3.05) is 6.61 Å². The number of ether oxygens (including phenoxy) is 1. The lowest BCUT2D eigenvalue weighted by atomic mass is 10.2. The van der Waals surface area contributed by atoms with Gasteiger partial charge in [0.1, 0.15) is 11.8 Å². The number of carbonyl (C=O) groups excluding carboxylic acids is 1. The van der Waals surface area contributed by atoms with Crippen LogP contribution in [0, 0.1) is 25.2 Å². The van der Waals surface area contributed by atoms with E-state index in [0.29, 0.717) is 11.3 Å². The van der Waals surface area contributed by atoms with E-state index in [9.17, 15) is 4.79 Å². The first-order valence-corrected chi connectivity index (χ1v) is 7.29. The molecule has 2 aromatic rings. The molecule has 0 amide bonds. The number of aromatic nitrogens is 1. The molecule has 1 aromatic heterocycles. The van der Waals surface area contributed by atoms with Crippen LogP contribution in [0.2, 0.25) is 0 Å². The average Bonchev–Trinajstić information content (AvgIpc) is 2.82. The van der Waals surface area contributed by atoms with E-state index in [4.69, 9.17) is 14.5 Å². The Bertz CT molecular complexity index is 669. The van der Waals surface area contributed by atoms with Gasteiger partial charge in [-0.15, -0.1) is 11.8 Å². The van der Waals surface area contributed by atoms with E-state index in [0.717, 1.165) is 21.9 Å². The summed E-state index contributed by atoms with van der Waals surface area (Å²) in [5, 5.41) is 12.4. The first kappa shape index (κ1) is 15.1. The van der Waals surface area contributed by atoms with Crippen LogP contribution in [0.3, 0.4) is 0 Å². The van der Waals surface area contributed by atoms with Gasteiger partial charge in [-0.05, 0) is 26.0 Å². The number of thioether (sulfide) groups is 1. The molecule has 0 bridgehead atoms. The fourth-order valence-corrected chi connectivity index (χ4v) is 2.99. The number of hydrogen-bond donors (Lipinski definition) is 0. The Morgan fingerprint density at radius 2 is 2.19 bits per heavy atom. The Kier molecular flexibility index (Phi) is 5.01. The second-order valence-corrected chi connectivity index (χ2v) is 5.34. The van der Waals surface area contributed by atoms with Gasteiger partial charge in [-0.3, -0.25) is 0 Å². The number of aryl methyl sites for hydroxylation is 2. The van der Waals surface area contributed by atoms with Crippen LogP contribution < -0.4 is 0 Å². The van der Waals surface area contributed by atoms with Crippen LogP contribution in [0.4, 0.5) is 0 Å². The highest BCUT2D eigenvalue weighted by Crippen LogP contribution is 2.29. The van der Waals surface area contributed by atoms with Crippen LogP contribution in [0.1, 0.15) is 27.4 Å². The number of esters is 1. The standard InChI is InChI=1S/C15H14N2O3S/c1-10-13(11(2)20-17-10)9-21-14-6-4-3-5-12(14)15(18)19-8-7-16/h3-6H,8-9H2,1-2H3. The molecule has 108 valence electrons. The fourth-order valence-electron chi connectivity index (χ4n) is 1.79. The number of nitriles is 1. The maximum Gasteiger partial charge on any atom is 0.340 e. The number of hydrogen-bond acceptors (Lipinski definition) is 6. The second-order valence-electron chi connectivity index (χ2n) is 4.32. The minimum absolute atomic E-state index is 0.248. The molecule has 0 atom stereocenters. The van der Waals surface area contributed by atoms with E-state index in [1.54, 1.807) is 18.2 Å². The van der Waals surface area contributed by atoms with Crippen LogP contribution in [-0.4, -0.2) is 17.7 Å². The van der Waals surface area contributed by atoms with Crippen LogP contribution >= 0.6 is 11.8 Å². The molecule has 21 heavy (non-hydrogen) atoms. The molecular weight excluding hydrogens is 288 g/mol. The fraction of sp³-hybridized carbons (Fsp3) is 0.267. The van der Waals surface area contributed by atoms with Gasteiger partial charge in [0, 0.05) is 16.2 Å². The van der Waals surface area contributed by atoms with E-state index in [2.05, 4.69) is 5.16 Å². The summed E-state index contributed by atoms with van der Waals surface area (Å²) in [5.41, 5.74) is 2.34. The van der Waals surface area contributed by atoms with Gasteiger partial charge in [-0.1, -0.05) is 17.3 Å². The predicted molar refractivity (Wildman–Crippen MR) is 77.9 cm³/mol. The van der Waals surface area contributed by atoms with E-state index in [1.165, 1.54) is 11.8 Å². The molecule has 5 nitrogen and oxygen atoms in total. The topological polar surface area (TPSA) is 76.1 Å². The van der Waals surface area contributed by atoms with Gasteiger partial charge in [0.15, 0.2) is 6.61 Å². The van der Waals surface area contributed by atoms with Crippen LogP contribution in [0.15, 0.2) is 33.7 Å². The average molecular weight is 302 g/mol. The molecule has 0 aliphatic heterocycles. The van der Waals surface area contributed by atoms with Crippen molar-refractivity contribution < 1.29 is 14.1 Å². The van der Waals surface area contributed by atoms with Gasteiger partial charge in [0.2, 0.25) is 0 Å². The Labute approximate surface area is 126 Å². The Hall–Kier alpha value is -2.26. The normalized spacial score (nSPS) is 10.1. The van der Waals surface area contributed by atoms with Crippen molar-refractivity contribution in [3.63, 3.8) is 0 Å².